The maximum Gasteiger partial charge on any atom is 0.246 e. The molecule has 3 aromatic heterocycles. The second-order valence-electron chi connectivity index (χ2n) is 9.25. The van der Waals surface area contributed by atoms with Crippen molar-refractivity contribution in [3.8, 4) is 28.1 Å². The molecule has 190 valence electrons. The smallest absolute Gasteiger partial charge is 0.246 e. The first-order valence-corrected chi connectivity index (χ1v) is 12.4. The van der Waals surface area contributed by atoms with E-state index in [0.29, 0.717) is 38.7 Å². The summed E-state index contributed by atoms with van der Waals surface area (Å²) in [5.41, 5.74) is 5.71. The Bertz CT molecular complexity index is 1380. The number of carbonyl (C=O) groups is 1. The number of likely N-dealkylation sites (N-methyl/N-ethyl adjacent to an activating group) is 1. The number of nitrogens with zero attached hydrogens (tertiary/aromatic N) is 4. The lowest BCUT2D eigenvalue weighted by atomic mass is 10.0. The predicted molar refractivity (Wildman–Crippen MR) is 144 cm³/mol. The van der Waals surface area contributed by atoms with Crippen molar-refractivity contribution in [3.05, 3.63) is 79.3 Å². The van der Waals surface area contributed by atoms with Gasteiger partial charge in [-0.2, -0.15) is 0 Å². The van der Waals surface area contributed by atoms with Crippen LogP contribution in [0.5, 0.6) is 5.75 Å². The number of aromatic amines is 1. The van der Waals surface area contributed by atoms with E-state index in [-0.39, 0.29) is 11.9 Å². The summed E-state index contributed by atoms with van der Waals surface area (Å²) in [6.07, 6.45) is 8.79. The lowest BCUT2D eigenvalue weighted by Gasteiger charge is -2.34. The largest absolute Gasteiger partial charge is 0.489 e. The molecule has 1 fully saturated rings. The van der Waals surface area contributed by atoms with Crippen molar-refractivity contribution < 1.29 is 14.3 Å². The van der Waals surface area contributed by atoms with Crippen LogP contribution in [-0.2, 0) is 9.53 Å². The summed E-state index contributed by atoms with van der Waals surface area (Å²) in [6.45, 7) is 2.48. The topological polar surface area (TPSA) is 83.6 Å². The minimum absolute atomic E-state index is 0.0294. The highest BCUT2D eigenvalue weighted by Gasteiger charge is 2.27. The van der Waals surface area contributed by atoms with E-state index in [0.717, 1.165) is 33.4 Å². The van der Waals surface area contributed by atoms with Gasteiger partial charge in [0, 0.05) is 42.7 Å². The van der Waals surface area contributed by atoms with E-state index in [9.17, 15) is 4.79 Å². The van der Waals surface area contributed by atoms with Crippen LogP contribution in [0.1, 0.15) is 0 Å². The fourth-order valence-corrected chi connectivity index (χ4v) is 4.54. The number of hydrogen-bond acceptors (Lipinski definition) is 6. The number of morpholine rings is 1. The van der Waals surface area contributed by atoms with Crippen molar-refractivity contribution in [2.75, 3.05) is 47.0 Å². The number of pyridine rings is 2. The van der Waals surface area contributed by atoms with E-state index in [4.69, 9.17) is 9.47 Å². The first-order valence-electron chi connectivity index (χ1n) is 12.4. The maximum atomic E-state index is 12.9. The molecule has 0 saturated carbocycles. The molecule has 1 unspecified atom stereocenters. The monoisotopic (exact) mass is 497 g/mol. The second-order valence-corrected chi connectivity index (χ2v) is 9.25. The first-order chi connectivity index (χ1) is 18.1. The number of aromatic nitrogens is 3. The molecule has 1 aliphatic rings. The molecule has 1 saturated heterocycles. The molecule has 5 rings (SSSR count). The number of ether oxygens (including phenoxy) is 2. The van der Waals surface area contributed by atoms with Crippen LogP contribution in [0.25, 0.3) is 33.4 Å². The summed E-state index contributed by atoms with van der Waals surface area (Å²) < 4.78 is 12.0. The van der Waals surface area contributed by atoms with E-state index < -0.39 is 0 Å². The molecular weight excluding hydrogens is 466 g/mol. The Kier molecular flexibility index (Phi) is 7.58. The van der Waals surface area contributed by atoms with Gasteiger partial charge in [0.1, 0.15) is 12.4 Å². The molecule has 1 amide bonds. The minimum Gasteiger partial charge on any atom is -0.489 e. The third-order valence-corrected chi connectivity index (χ3v) is 6.34. The normalized spacial score (nSPS) is 16.1. The van der Waals surface area contributed by atoms with Gasteiger partial charge in [0.05, 0.1) is 42.2 Å². The Labute approximate surface area is 216 Å². The van der Waals surface area contributed by atoms with Crippen molar-refractivity contribution in [1.29, 1.82) is 0 Å². The lowest BCUT2D eigenvalue weighted by Crippen LogP contribution is -2.51. The van der Waals surface area contributed by atoms with Crippen LogP contribution in [0.2, 0.25) is 0 Å². The van der Waals surface area contributed by atoms with E-state index in [1.165, 1.54) is 0 Å². The van der Waals surface area contributed by atoms with Crippen LogP contribution in [-0.4, -0.2) is 83.7 Å². The third kappa shape index (κ3) is 5.55. The molecule has 4 aromatic rings. The zero-order valence-corrected chi connectivity index (χ0v) is 21.1. The summed E-state index contributed by atoms with van der Waals surface area (Å²) >= 11 is 0. The highest BCUT2D eigenvalue weighted by molar-refractivity contribution is 6.02. The number of rotatable bonds is 8. The SMILES string of the molecule is CN(C)C/C=C/C(=O)N1CCOCC1COc1cnccc1-c1[nH]c2cccnc2c1-c1ccccc1. The molecule has 37 heavy (non-hydrogen) atoms. The van der Waals surface area contributed by atoms with Crippen LogP contribution >= 0.6 is 0 Å². The van der Waals surface area contributed by atoms with Gasteiger partial charge < -0.3 is 24.3 Å². The van der Waals surface area contributed by atoms with Gasteiger partial charge in [0.25, 0.3) is 0 Å². The van der Waals surface area contributed by atoms with Crippen LogP contribution in [0, 0.1) is 0 Å². The molecule has 0 bridgehead atoms. The van der Waals surface area contributed by atoms with E-state index >= 15 is 0 Å². The lowest BCUT2D eigenvalue weighted by molar-refractivity contribution is -0.135. The molecule has 8 nitrogen and oxygen atoms in total. The molecule has 8 heteroatoms. The Hall–Kier alpha value is -4.01. The predicted octanol–water partition coefficient (Wildman–Crippen LogP) is 4.02. The number of amides is 1. The third-order valence-electron chi connectivity index (χ3n) is 6.34. The van der Waals surface area contributed by atoms with Crippen LogP contribution < -0.4 is 4.74 Å². The van der Waals surface area contributed by atoms with E-state index in [1.807, 2.05) is 66.4 Å². The Morgan fingerprint density at radius 1 is 1.19 bits per heavy atom. The second kappa shape index (κ2) is 11.4. The molecule has 0 spiro atoms. The van der Waals surface area contributed by atoms with Gasteiger partial charge >= 0.3 is 0 Å². The molecule has 1 aromatic carbocycles. The van der Waals surface area contributed by atoms with Gasteiger partial charge in [-0.25, -0.2) is 0 Å². The number of H-pyrrole nitrogens is 1. The molecule has 0 aliphatic carbocycles. The zero-order chi connectivity index (χ0) is 25.6. The Morgan fingerprint density at radius 2 is 2.05 bits per heavy atom. The van der Waals surface area contributed by atoms with Gasteiger partial charge in [-0.05, 0) is 37.9 Å². The number of hydrogen-bond donors (Lipinski definition) is 1. The molecule has 4 heterocycles. The maximum absolute atomic E-state index is 12.9. The fourth-order valence-electron chi connectivity index (χ4n) is 4.54. The summed E-state index contributed by atoms with van der Waals surface area (Å²) in [6, 6.07) is 15.9. The number of carbonyl (C=O) groups excluding carboxylic acids is 1. The van der Waals surface area contributed by atoms with Gasteiger partial charge in [-0.15, -0.1) is 0 Å². The summed E-state index contributed by atoms with van der Waals surface area (Å²) in [5.74, 6) is 0.602. The number of nitrogens with one attached hydrogen (secondary N) is 1. The van der Waals surface area contributed by atoms with Crippen molar-refractivity contribution in [2.45, 2.75) is 6.04 Å². The molecule has 1 N–H and O–H groups in total. The van der Waals surface area contributed by atoms with Crippen LogP contribution in [0.15, 0.2) is 79.3 Å². The van der Waals surface area contributed by atoms with Crippen molar-refractivity contribution >= 4 is 16.9 Å². The fraction of sp³-hybridized carbons (Fsp3) is 0.276. The van der Waals surface area contributed by atoms with Crippen LogP contribution in [0.3, 0.4) is 0 Å². The molecule has 1 aliphatic heterocycles. The van der Waals surface area contributed by atoms with Crippen LogP contribution in [0.4, 0.5) is 0 Å². The standard InChI is InChI=1S/C29H31N5O3/c1-33(2)15-7-11-26(35)34-16-17-36-19-22(34)20-37-25-18-30-14-12-23(25)28-27(21-8-4-3-5-9-21)29-24(32-28)10-6-13-31-29/h3-14,18,22,32H,15-17,19-20H2,1-2H3/b11-7+. The highest BCUT2D eigenvalue weighted by Crippen LogP contribution is 2.40. The van der Waals surface area contributed by atoms with Gasteiger partial charge in [-0.1, -0.05) is 36.4 Å². The quantitative estimate of drug-likeness (QED) is 0.370. The summed E-state index contributed by atoms with van der Waals surface area (Å²) in [5, 5.41) is 0. The average molecular weight is 498 g/mol. The van der Waals surface area contributed by atoms with Crippen molar-refractivity contribution in [3.63, 3.8) is 0 Å². The zero-order valence-electron chi connectivity index (χ0n) is 21.1. The minimum atomic E-state index is -0.198. The first kappa shape index (κ1) is 24.7. The highest BCUT2D eigenvalue weighted by atomic mass is 16.5. The number of fused-ring (bicyclic) bond motifs is 1. The van der Waals surface area contributed by atoms with Gasteiger partial charge in [0.2, 0.25) is 5.91 Å². The van der Waals surface area contributed by atoms with Gasteiger partial charge in [0.15, 0.2) is 0 Å². The molecular formula is C29H31N5O3. The molecule has 0 radical (unpaired) electrons. The van der Waals surface area contributed by atoms with Gasteiger partial charge in [-0.3, -0.25) is 14.8 Å². The Morgan fingerprint density at radius 3 is 2.89 bits per heavy atom. The Balaban J connectivity index is 1.43. The van der Waals surface area contributed by atoms with E-state index in [2.05, 4.69) is 27.1 Å². The van der Waals surface area contributed by atoms with E-state index in [1.54, 1.807) is 24.7 Å². The number of benzene rings is 1. The molecule has 1 atom stereocenters. The summed E-state index contributed by atoms with van der Waals surface area (Å²) in [4.78, 5) is 29.2. The van der Waals surface area contributed by atoms with Crippen molar-refractivity contribution in [2.24, 2.45) is 0 Å². The van der Waals surface area contributed by atoms with Crippen molar-refractivity contribution in [1.82, 2.24) is 24.8 Å². The average Bonchev–Trinajstić information content (AvgIpc) is 3.32. The summed E-state index contributed by atoms with van der Waals surface area (Å²) in [7, 11) is 3.94.